The summed E-state index contributed by atoms with van der Waals surface area (Å²) in [5.41, 5.74) is -0.685. The van der Waals surface area contributed by atoms with Gasteiger partial charge in [-0.3, -0.25) is 14.9 Å². The maximum absolute atomic E-state index is 13.6. The predicted molar refractivity (Wildman–Crippen MR) is 101 cm³/mol. The lowest BCUT2D eigenvalue weighted by atomic mass is 10.2. The normalized spacial score (nSPS) is 10.6. The summed E-state index contributed by atoms with van der Waals surface area (Å²) in [6, 6.07) is 6.99. The Morgan fingerprint density at radius 1 is 1.11 bits per heavy atom. The minimum absolute atomic E-state index is 0.0872. The van der Waals surface area contributed by atoms with Crippen LogP contribution in [0.2, 0.25) is 0 Å². The van der Waals surface area contributed by atoms with Gasteiger partial charge in [0, 0.05) is 4.88 Å². The van der Waals surface area contributed by atoms with E-state index in [-0.39, 0.29) is 16.8 Å². The van der Waals surface area contributed by atoms with Crippen LogP contribution in [0.1, 0.15) is 15.2 Å². The van der Waals surface area contributed by atoms with Crippen molar-refractivity contribution in [2.24, 2.45) is 0 Å². The van der Waals surface area contributed by atoms with E-state index in [2.05, 4.69) is 20.8 Å². The fourth-order valence-electron chi connectivity index (χ4n) is 1.97. The van der Waals surface area contributed by atoms with Crippen molar-refractivity contribution in [3.63, 3.8) is 0 Å². The first-order chi connectivity index (χ1) is 13.0. The Bertz CT molecular complexity index is 927. The van der Waals surface area contributed by atoms with E-state index in [1.807, 2.05) is 17.5 Å². The van der Waals surface area contributed by atoms with Crippen molar-refractivity contribution < 1.29 is 18.4 Å². The zero-order valence-corrected chi connectivity index (χ0v) is 16.0. The zero-order chi connectivity index (χ0) is 19.2. The Morgan fingerprint density at radius 2 is 1.89 bits per heavy atom. The van der Waals surface area contributed by atoms with Crippen molar-refractivity contribution in [2.75, 3.05) is 11.1 Å². The summed E-state index contributed by atoms with van der Waals surface area (Å²) in [6.07, 6.45) is 0. The number of anilines is 1. The summed E-state index contributed by atoms with van der Waals surface area (Å²) in [6.45, 7) is 0.461. The fourth-order valence-corrected chi connectivity index (χ4v) is 4.19. The number of nitrogens with one attached hydrogen (secondary N) is 2. The molecule has 0 bridgehead atoms. The Balaban J connectivity index is 1.51. The molecular weight excluding hydrogens is 414 g/mol. The molecule has 6 nitrogen and oxygen atoms in total. The number of benzene rings is 1. The van der Waals surface area contributed by atoms with Gasteiger partial charge in [0.1, 0.15) is 17.2 Å². The standard InChI is InChI=1S/C16H12F2N4O2S3/c17-10-4-1-5-11(18)13(10)14(24)20-15-21-22-16(27-15)26-8-12(23)19-7-9-3-2-6-25-9/h1-6H,7-8H2,(H,19,23)(H,20,21,24). The highest BCUT2D eigenvalue weighted by molar-refractivity contribution is 8.01. The number of amides is 2. The number of aromatic nitrogens is 2. The smallest absolute Gasteiger partial charge is 0.263 e. The minimum atomic E-state index is -0.964. The van der Waals surface area contributed by atoms with Crippen LogP contribution in [0, 0.1) is 11.6 Å². The summed E-state index contributed by atoms with van der Waals surface area (Å²) in [4.78, 5) is 24.9. The molecule has 0 atom stereocenters. The van der Waals surface area contributed by atoms with Crippen LogP contribution in [0.3, 0.4) is 0 Å². The highest BCUT2D eigenvalue weighted by Crippen LogP contribution is 2.26. The second-order valence-corrected chi connectivity index (χ2v) is 8.30. The molecule has 140 valence electrons. The second kappa shape index (κ2) is 9.02. The summed E-state index contributed by atoms with van der Waals surface area (Å²) < 4.78 is 27.7. The molecule has 1 aromatic carbocycles. The van der Waals surface area contributed by atoms with Crippen LogP contribution in [-0.2, 0) is 11.3 Å². The molecule has 0 aliphatic carbocycles. The third-order valence-electron chi connectivity index (χ3n) is 3.18. The van der Waals surface area contributed by atoms with Gasteiger partial charge in [-0.25, -0.2) is 8.78 Å². The van der Waals surface area contributed by atoms with E-state index in [4.69, 9.17) is 0 Å². The molecule has 0 aliphatic rings. The summed E-state index contributed by atoms with van der Waals surface area (Å²) in [5.74, 6) is -2.91. The molecule has 2 N–H and O–H groups in total. The number of hydrogen-bond acceptors (Lipinski definition) is 7. The van der Waals surface area contributed by atoms with Gasteiger partial charge in [-0.15, -0.1) is 21.5 Å². The van der Waals surface area contributed by atoms with Gasteiger partial charge in [0.25, 0.3) is 5.91 Å². The Hall–Kier alpha value is -2.37. The van der Waals surface area contributed by atoms with Gasteiger partial charge >= 0.3 is 0 Å². The molecule has 0 fully saturated rings. The van der Waals surface area contributed by atoms with E-state index in [0.717, 1.165) is 40.1 Å². The molecule has 3 aromatic rings. The number of nitrogens with zero attached hydrogens (tertiary/aromatic N) is 2. The van der Waals surface area contributed by atoms with Crippen LogP contribution in [0.25, 0.3) is 0 Å². The number of hydrogen-bond donors (Lipinski definition) is 2. The molecule has 0 unspecified atom stereocenters. The Labute approximate surface area is 165 Å². The number of halogens is 2. The molecule has 3 rings (SSSR count). The van der Waals surface area contributed by atoms with Crippen molar-refractivity contribution in [1.29, 1.82) is 0 Å². The van der Waals surface area contributed by atoms with Gasteiger partial charge in [-0.1, -0.05) is 35.2 Å². The average Bonchev–Trinajstić information content (AvgIpc) is 3.30. The summed E-state index contributed by atoms with van der Waals surface area (Å²) >= 11 is 3.72. The highest BCUT2D eigenvalue weighted by Gasteiger charge is 2.19. The van der Waals surface area contributed by atoms with E-state index in [1.165, 1.54) is 6.07 Å². The van der Waals surface area contributed by atoms with Gasteiger partial charge in [-0.05, 0) is 23.6 Å². The van der Waals surface area contributed by atoms with Gasteiger partial charge in [0.2, 0.25) is 11.0 Å². The van der Waals surface area contributed by atoms with Gasteiger partial charge in [0.05, 0.1) is 12.3 Å². The summed E-state index contributed by atoms with van der Waals surface area (Å²) in [7, 11) is 0. The first kappa shape index (κ1) is 19.4. The fraction of sp³-hybridized carbons (Fsp3) is 0.125. The lowest BCUT2D eigenvalue weighted by Gasteiger charge is -2.03. The van der Waals surface area contributed by atoms with Crippen molar-refractivity contribution >= 4 is 51.4 Å². The van der Waals surface area contributed by atoms with E-state index < -0.39 is 23.1 Å². The highest BCUT2D eigenvalue weighted by atomic mass is 32.2. The topological polar surface area (TPSA) is 84.0 Å². The number of rotatable bonds is 7. The number of thioether (sulfide) groups is 1. The van der Waals surface area contributed by atoms with Crippen LogP contribution in [-0.4, -0.2) is 27.8 Å². The second-order valence-electron chi connectivity index (χ2n) is 5.07. The first-order valence-electron chi connectivity index (χ1n) is 7.53. The number of carbonyl (C=O) groups is 2. The van der Waals surface area contributed by atoms with Crippen LogP contribution in [0.4, 0.5) is 13.9 Å². The lowest BCUT2D eigenvalue weighted by Crippen LogP contribution is -2.24. The van der Waals surface area contributed by atoms with Gasteiger partial charge in [0.15, 0.2) is 4.34 Å². The molecule has 2 heterocycles. The SMILES string of the molecule is O=C(CSc1nnc(NC(=O)c2c(F)cccc2F)s1)NCc1cccs1. The molecule has 2 aromatic heterocycles. The molecule has 0 aliphatic heterocycles. The molecule has 27 heavy (non-hydrogen) atoms. The van der Waals surface area contributed by atoms with E-state index in [9.17, 15) is 18.4 Å². The third kappa shape index (κ3) is 5.31. The van der Waals surface area contributed by atoms with E-state index in [1.54, 1.807) is 11.3 Å². The monoisotopic (exact) mass is 426 g/mol. The van der Waals surface area contributed by atoms with Crippen LogP contribution < -0.4 is 10.6 Å². The largest absolute Gasteiger partial charge is 0.350 e. The van der Waals surface area contributed by atoms with Gasteiger partial charge in [-0.2, -0.15) is 0 Å². The molecule has 0 spiro atoms. The lowest BCUT2D eigenvalue weighted by molar-refractivity contribution is -0.118. The first-order valence-corrected chi connectivity index (χ1v) is 10.2. The molecule has 0 saturated heterocycles. The van der Waals surface area contributed by atoms with E-state index in [0.29, 0.717) is 10.9 Å². The van der Waals surface area contributed by atoms with Crippen molar-refractivity contribution in [2.45, 2.75) is 10.9 Å². The maximum atomic E-state index is 13.6. The number of thiophene rings is 1. The number of carbonyl (C=O) groups excluding carboxylic acids is 2. The Morgan fingerprint density at radius 3 is 2.59 bits per heavy atom. The maximum Gasteiger partial charge on any atom is 0.263 e. The molecule has 0 saturated carbocycles. The van der Waals surface area contributed by atoms with Crippen molar-refractivity contribution in [3.8, 4) is 0 Å². The molecule has 0 radical (unpaired) electrons. The van der Waals surface area contributed by atoms with Crippen LogP contribution in [0.5, 0.6) is 0 Å². The Kier molecular flexibility index (Phi) is 6.48. The van der Waals surface area contributed by atoms with Crippen LogP contribution in [0.15, 0.2) is 40.1 Å². The van der Waals surface area contributed by atoms with Crippen molar-refractivity contribution in [1.82, 2.24) is 15.5 Å². The molecule has 11 heteroatoms. The molecule has 2 amide bonds. The predicted octanol–water partition coefficient (Wildman–Crippen LogP) is 3.54. The van der Waals surface area contributed by atoms with Crippen molar-refractivity contribution in [3.05, 3.63) is 57.8 Å². The van der Waals surface area contributed by atoms with Gasteiger partial charge < -0.3 is 5.32 Å². The summed E-state index contributed by atoms with van der Waals surface area (Å²) in [5, 5.41) is 14.7. The van der Waals surface area contributed by atoms with E-state index >= 15 is 0 Å². The quantitative estimate of drug-likeness (QED) is 0.446. The van der Waals surface area contributed by atoms with Crippen LogP contribution >= 0.6 is 34.4 Å². The zero-order valence-electron chi connectivity index (χ0n) is 13.6. The average molecular weight is 426 g/mol. The molecular formula is C16H12F2N4O2S3. The third-order valence-corrected chi connectivity index (χ3v) is 6.03. The minimum Gasteiger partial charge on any atom is -0.350 e.